The highest BCUT2D eigenvalue weighted by Crippen LogP contribution is 2.31. The molecule has 1 aromatic heterocycles. The predicted molar refractivity (Wildman–Crippen MR) is 71.5 cm³/mol. The van der Waals surface area contributed by atoms with Crippen molar-refractivity contribution in [3.63, 3.8) is 0 Å². The summed E-state index contributed by atoms with van der Waals surface area (Å²) in [5.41, 5.74) is -0.421. The molecule has 5 nitrogen and oxygen atoms in total. The normalized spacial score (nSPS) is 12.1. The summed E-state index contributed by atoms with van der Waals surface area (Å²) in [4.78, 5) is 4.40. The van der Waals surface area contributed by atoms with Crippen molar-refractivity contribution < 1.29 is 9.26 Å². The van der Waals surface area contributed by atoms with Crippen LogP contribution < -0.4 is 5.32 Å². The van der Waals surface area contributed by atoms with Gasteiger partial charge < -0.3 is 14.6 Å². The largest absolute Gasteiger partial charge is 0.367 e. The minimum absolute atomic E-state index is 0.421. The van der Waals surface area contributed by atoms with Gasteiger partial charge in [-0.15, -0.1) is 0 Å². The monoisotopic (exact) mass is 255 g/mol. The van der Waals surface area contributed by atoms with Crippen LogP contribution in [0.25, 0.3) is 0 Å². The molecule has 0 aromatic carbocycles. The van der Waals surface area contributed by atoms with Crippen LogP contribution in [0.4, 0.5) is 6.01 Å². The highest BCUT2D eigenvalue weighted by Gasteiger charge is 2.34. The van der Waals surface area contributed by atoms with Crippen LogP contribution in [0.2, 0.25) is 0 Å². The zero-order chi connectivity index (χ0) is 13.6. The number of ether oxygens (including phenoxy) is 1. The summed E-state index contributed by atoms with van der Waals surface area (Å²) in [7, 11) is 0. The summed E-state index contributed by atoms with van der Waals surface area (Å²) in [6.07, 6.45) is 1.67. The maximum absolute atomic E-state index is 5.84. The van der Waals surface area contributed by atoms with Gasteiger partial charge in [0.1, 0.15) is 5.60 Å². The summed E-state index contributed by atoms with van der Waals surface area (Å²) in [6.45, 7) is 11.9. The average Bonchev–Trinajstić information content (AvgIpc) is 2.83. The molecule has 0 saturated carbocycles. The van der Waals surface area contributed by atoms with Gasteiger partial charge in [-0.05, 0) is 25.7 Å². The van der Waals surface area contributed by atoms with Gasteiger partial charge in [-0.2, -0.15) is 4.98 Å². The highest BCUT2D eigenvalue weighted by atomic mass is 16.5. The first kappa shape index (κ1) is 15.0. The van der Waals surface area contributed by atoms with Crippen molar-refractivity contribution in [2.24, 2.45) is 5.92 Å². The average molecular weight is 255 g/mol. The first-order valence-corrected chi connectivity index (χ1v) is 6.80. The summed E-state index contributed by atoms with van der Waals surface area (Å²) < 4.78 is 11.1. The predicted octanol–water partition coefficient (Wildman–Crippen LogP) is 3.19. The van der Waals surface area contributed by atoms with Gasteiger partial charge in [-0.1, -0.05) is 32.9 Å². The van der Waals surface area contributed by atoms with Crippen molar-refractivity contribution in [2.45, 2.75) is 53.1 Å². The lowest BCUT2D eigenvalue weighted by molar-refractivity contribution is -0.0583. The molecule has 0 unspecified atom stereocenters. The number of nitrogens with zero attached hydrogens (tertiary/aromatic N) is 2. The molecule has 1 aromatic rings. The lowest BCUT2D eigenvalue weighted by Gasteiger charge is -2.27. The minimum Gasteiger partial charge on any atom is -0.367 e. The maximum Gasteiger partial charge on any atom is 0.321 e. The molecule has 1 N–H and O–H groups in total. The SMILES string of the molecule is CCOC(CC)(CC)c1noc(NCC(C)C)n1. The van der Waals surface area contributed by atoms with Crippen LogP contribution >= 0.6 is 0 Å². The third-order valence-corrected chi connectivity index (χ3v) is 3.06. The molecule has 0 aliphatic carbocycles. The molecule has 0 aliphatic rings. The fourth-order valence-electron chi connectivity index (χ4n) is 1.88. The quantitative estimate of drug-likeness (QED) is 0.773. The Labute approximate surface area is 109 Å². The van der Waals surface area contributed by atoms with Gasteiger partial charge >= 0.3 is 6.01 Å². The minimum atomic E-state index is -0.421. The van der Waals surface area contributed by atoms with Crippen molar-refractivity contribution in [2.75, 3.05) is 18.5 Å². The van der Waals surface area contributed by atoms with Crippen LogP contribution in [-0.4, -0.2) is 23.3 Å². The number of aromatic nitrogens is 2. The van der Waals surface area contributed by atoms with E-state index in [2.05, 4.69) is 43.2 Å². The van der Waals surface area contributed by atoms with Crippen molar-refractivity contribution in [3.8, 4) is 0 Å². The van der Waals surface area contributed by atoms with Gasteiger partial charge in [0.2, 0.25) is 5.82 Å². The van der Waals surface area contributed by atoms with Crippen LogP contribution in [0, 0.1) is 5.92 Å². The Morgan fingerprint density at radius 2 is 1.94 bits per heavy atom. The molecule has 0 aliphatic heterocycles. The van der Waals surface area contributed by atoms with Crippen molar-refractivity contribution in [3.05, 3.63) is 5.82 Å². The van der Waals surface area contributed by atoms with Gasteiger partial charge in [-0.3, -0.25) is 0 Å². The smallest absolute Gasteiger partial charge is 0.321 e. The van der Waals surface area contributed by atoms with Crippen LogP contribution in [0.5, 0.6) is 0 Å². The van der Waals surface area contributed by atoms with Crippen LogP contribution in [-0.2, 0) is 10.3 Å². The van der Waals surface area contributed by atoms with E-state index in [1.807, 2.05) is 6.92 Å². The molecule has 1 heterocycles. The number of nitrogens with one attached hydrogen (secondary N) is 1. The van der Waals surface area contributed by atoms with Crippen LogP contribution in [0.3, 0.4) is 0 Å². The number of rotatable bonds is 8. The summed E-state index contributed by atoms with van der Waals surface area (Å²) in [5.74, 6) is 1.18. The van der Waals surface area contributed by atoms with Crippen molar-refractivity contribution >= 4 is 6.01 Å². The zero-order valence-corrected chi connectivity index (χ0v) is 12.1. The Morgan fingerprint density at radius 3 is 2.44 bits per heavy atom. The lowest BCUT2D eigenvalue weighted by Crippen LogP contribution is -2.29. The molecule has 0 saturated heterocycles. The van der Waals surface area contributed by atoms with Gasteiger partial charge in [0.25, 0.3) is 0 Å². The van der Waals surface area contributed by atoms with E-state index >= 15 is 0 Å². The van der Waals surface area contributed by atoms with Gasteiger partial charge in [0.15, 0.2) is 0 Å². The third-order valence-electron chi connectivity index (χ3n) is 3.06. The Balaban J connectivity index is 2.80. The molecule has 0 bridgehead atoms. The lowest BCUT2D eigenvalue weighted by atomic mass is 9.96. The van der Waals surface area contributed by atoms with Crippen molar-refractivity contribution in [1.29, 1.82) is 0 Å². The first-order valence-electron chi connectivity index (χ1n) is 6.80. The molecule has 0 spiro atoms. The van der Waals surface area contributed by atoms with E-state index in [0.717, 1.165) is 19.4 Å². The van der Waals surface area contributed by atoms with E-state index in [0.29, 0.717) is 24.4 Å². The molecule has 0 fully saturated rings. The molecule has 104 valence electrons. The first-order chi connectivity index (χ1) is 8.57. The Kier molecular flexibility index (Phi) is 5.59. The number of hydrogen-bond acceptors (Lipinski definition) is 5. The van der Waals surface area contributed by atoms with Gasteiger partial charge in [-0.25, -0.2) is 0 Å². The van der Waals surface area contributed by atoms with E-state index in [9.17, 15) is 0 Å². The summed E-state index contributed by atoms with van der Waals surface area (Å²) in [5, 5.41) is 7.18. The van der Waals surface area contributed by atoms with E-state index in [-0.39, 0.29) is 0 Å². The fraction of sp³-hybridized carbons (Fsp3) is 0.846. The molecular formula is C13H25N3O2. The topological polar surface area (TPSA) is 60.2 Å². The van der Waals surface area contributed by atoms with Crippen LogP contribution in [0.1, 0.15) is 53.3 Å². The van der Waals surface area contributed by atoms with Gasteiger partial charge in [0, 0.05) is 13.2 Å². The molecule has 5 heteroatoms. The molecule has 0 amide bonds. The maximum atomic E-state index is 5.84. The highest BCUT2D eigenvalue weighted by molar-refractivity contribution is 5.20. The van der Waals surface area contributed by atoms with E-state index in [1.54, 1.807) is 0 Å². The van der Waals surface area contributed by atoms with E-state index in [1.165, 1.54) is 0 Å². The molecular weight excluding hydrogens is 230 g/mol. The number of hydrogen-bond donors (Lipinski definition) is 1. The molecule has 0 atom stereocenters. The molecule has 0 radical (unpaired) electrons. The Morgan fingerprint density at radius 1 is 1.28 bits per heavy atom. The van der Waals surface area contributed by atoms with Crippen LogP contribution in [0.15, 0.2) is 4.52 Å². The standard InChI is InChI=1S/C13H25N3O2/c1-6-13(7-2,17-8-3)11-15-12(18-16-11)14-9-10(4)5/h10H,6-9H2,1-5H3,(H,14,15,16). The number of anilines is 1. The second-order valence-corrected chi connectivity index (χ2v) is 4.83. The van der Waals surface area contributed by atoms with Gasteiger partial charge in [0.05, 0.1) is 0 Å². The summed E-state index contributed by atoms with van der Waals surface area (Å²) >= 11 is 0. The third kappa shape index (κ3) is 3.45. The summed E-state index contributed by atoms with van der Waals surface area (Å²) in [6, 6.07) is 0.477. The zero-order valence-electron chi connectivity index (χ0n) is 12.1. The second-order valence-electron chi connectivity index (χ2n) is 4.83. The Hall–Kier alpha value is -1.10. The van der Waals surface area contributed by atoms with E-state index in [4.69, 9.17) is 9.26 Å². The van der Waals surface area contributed by atoms with E-state index < -0.39 is 5.60 Å². The Bertz CT molecular complexity index is 346. The second kappa shape index (κ2) is 6.73. The van der Waals surface area contributed by atoms with Crippen molar-refractivity contribution in [1.82, 2.24) is 10.1 Å². The molecule has 1 rings (SSSR count). The molecule has 18 heavy (non-hydrogen) atoms. The fourth-order valence-corrected chi connectivity index (χ4v) is 1.88.